The second-order valence-electron chi connectivity index (χ2n) is 6.79. The molecule has 126 valence electrons. The van der Waals surface area contributed by atoms with Crippen molar-refractivity contribution in [2.24, 2.45) is 17.6 Å². The van der Waals surface area contributed by atoms with E-state index in [0.29, 0.717) is 28.4 Å². The van der Waals surface area contributed by atoms with Crippen LogP contribution >= 0.6 is 11.6 Å². The first kappa shape index (κ1) is 15.7. The van der Waals surface area contributed by atoms with Gasteiger partial charge in [-0.25, -0.2) is 4.98 Å². The van der Waals surface area contributed by atoms with Crippen LogP contribution in [0.5, 0.6) is 0 Å². The Morgan fingerprint density at radius 2 is 2.08 bits per heavy atom. The highest BCUT2D eigenvalue weighted by Gasteiger charge is 2.42. The molecule has 3 atom stereocenters. The van der Waals surface area contributed by atoms with Gasteiger partial charge in [0.25, 0.3) is 0 Å². The van der Waals surface area contributed by atoms with Gasteiger partial charge < -0.3 is 15.1 Å². The maximum absolute atomic E-state index is 12.5. The number of benzene rings is 1. The van der Waals surface area contributed by atoms with Crippen LogP contribution in [0.4, 0.5) is 0 Å². The summed E-state index contributed by atoms with van der Waals surface area (Å²) in [7, 11) is 0. The van der Waals surface area contributed by atoms with Crippen molar-refractivity contribution >= 4 is 17.5 Å². The third-order valence-corrected chi connectivity index (χ3v) is 5.49. The molecule has 1 amide bonds. The van der Waals surface area contributed by atoms with Crippen LogP contribution in [-0.2, 0) is 11.2 Å². The minimum absolute atomic E-state index is 0.104. The zero-order chi connectivity index (χ0) is 16.7. The summed E-state index contributed by atoms with van der Waals surface area (Å²) >= 11 is 5.89. The van der Waals surface area contributed by atoms with Crippen molar-refractivity contribution in [1.82, 2.24) is 9.88 Å². The Balaban J connectivity index is 1.41. The highest BCUT2D eigenvalue weighted by atomic mass is 35.5. The lowest BCUT2D eigenvalue weighted by atomic mass is 9.98. The van der Waals surface area contributed by atoms with Gasteiger partial charge >= 0.3 is 0 Å². The number of oxazole rings is 1. The fourth-order valence-corrected chi connectivity index (χ4v) is 4.02. The van der Waals surface area contributed by atoms with E-state index in [1.807, 2.05) is 17.0 Å². The molecule has 6 heteroatoms. The highest BCUT2D eigenvalue weighted by molar-refractivity contribution is 6.30. The maximum atomic E-state index is 12.5. The lowest BCUT2D eigenvalue weighted by molar-refractivity contribution is -0.129. The number of halogens is 1. The van der Waals surface area contributed by atoms with Gasteiger partial charge in [-0.15, -0.1) is 0 Å². The molecule has 1 aromatic carbocycles. The van der Waals surface area contributed by atoms with Crippen LogP contribution in [0, 0.1) is 11.8 Å². The van der Waals surface area contributed by atoms with Gasteiger partial charge in [0, 0.05) is 29.7 Å². The number of nitrogens with zero attached hydrogens (tertiary/aromatic N) is 2. The normalized spacial score (nSPS) is 25.9. The Labute approximate surface area is 145 Å². The van der Waals surface area contributed by atoms with Crippen LogP contribution in [0.25, 0.3) is 11.5 Å². The fraction of sp³-hybridized carbons (Fsp3) is 0.444. The number of amides is 1. The number of carbonyl (C=O) groups excluding carboxylic acids is 1. The highest BCUT2D eigenvalue weighted by Crippen LogP contribution is 2.37. The Morgan fingerprint density at radius 3 is 2.83 bits per heavy atom. The van der Waals surface area contributed by atoms with Crippen LogP contribution in [0.2, 0.25) is 5.02 Å². The van der Waals surface area contributed by atoms with Crippen LogP contribution < -0.4 is 5.73 Å². The molecule has 2 N–H and O–H groups in total. The first-order valence-corrected chi connectivity index (χ1v) is 8.71. The van der Waals surface area contributed by atoms with E-state index in [1.54, 1.807) is 18.4 Å². The smallest absolute Gasteiger partial charge is 0.228 e. The zero-order valence-electron chi connectivity index (χ0n) is 13.3. The average Bonchev–Trinajstić information content (AvgIpc) is 3.26. The molecule has 24 heavy (non-hydrogen) atoms. The summed E-state index contributed by atoms with van der Waals surface area (Å²) in [6, 6.07) is 7.53. The van der Waals surface area contributed by atoms with E-state index in [4.69, 9.17) is 21.8 Å². The fourth-order valence-electron chi connectivity index (χ4n) is 3.89. The lowest BCUT2D eigenvalue weighted by Crippen LogP contribution is -2.34. The quantitative estimate of drug-likeness (QED) is 0.928. The van der Waals surface area contributed by atoms with Gasteiger partial charge in [0.2, 0.25) is 11.8 Å². The van der Waals surface area contributed by atoms with E-state index in [9.17, 15) is 4.79 Å². The molecule has 1 saturated carbocycles. The Bertz CT molecular complexity index is 743. The minimum atomic E-state index is 0.104. The standard InChI is InChI=1S/C18H20ClN3O2/c19-13-4-1-11(2-5-13)18-21-14(10-24-18)7-17(23)22-8-12-3-6-16(20)15(12)9-22/h1-2,4-5,10,12,15-16H,3,6-9,20H2. The Kier molecular flexibility index (Phi) is 4.06. The van der Waals surface area contributed by atoms with Crippen molar-refractivity contribution in [3.63, 3.8) is 0 Å². The molecule has 1 aliphatic heterocycles. The van der Waals surface area contributed by atoms with Crippen molar-refractivity contribution in [3.05, 3.63) is 41.2 Å². The summed E-state index contributed by atoms with van der Waals surface area (Å²) in [5, 5.41) is 0.665. The van der Waals surface area contributed by atoms with Crippen LogP contribution in [0.3, 0.4) is 0 Å². The molecule has 0 radical (unpaired) electrons. The van der Waals surface area contributed by atoms with Crippen molar-refractivity contribution in [2.75, 3.05) is 13.1 Å². The molecule has 5 nitrogen and oxygen atoms in total. The summed E-state index contributed by atoms with van der Waals surface area (Å²) < 4.78 is 5.50. The lowest BCUT2D eigenvalue weighted by Gasteiger charge is -2.18. The van der Waals surface area contributed by atoms with Crippen molar-refractivity contribution in [1.29, 1.82) is 0 Å². The van der Waals surface area contributed by atoms with E-state index in [2.05, 4.69) is 4.98 Å². The third-order valence-electron chi connectivity index (χ3n) is 5.24. The SMILES string of the molecule is NC1CCC2CN(C(=O)Cc3coc(-c4ccc(Cl)cc4)n3)CC12. The number of carbonyl (C=O) groups is 1. The van der Waals surface area contributed by atoms with Gasteiger partial charge in [0.15, 0.2) is 0 Å². The van der Waals surface area contributed by atoms with Crippen molar-refractivity contribution in [2.45, 2.75) is 25.3 Å². The Morgan fingerprint density at radius 1 is 1.29 bits per heavy atom. The molecule has 0 spiro atoms. The second kappa shape index (κ2) is 6.22. The predicted molar refractivity (Wildman–Crippen MR) is 91.4 cm³/mol. The Hall–Kier alpha value is -1.85. The van der Waals surface area contributed by atoms with Crippen LogP contribution in [0.1, 0.15) is 18.5 Å². The molecule has 2 heterocycles. The topological polar surface area (TPSA) is 72.4 Å². The molecule has 1 aliphatic carbocycles. The van der Waals surface area contributed by atoms with E-state index in [0.717, 1.165) is 31.5 Å². The van der Waals surface area contributed by atoms with E-state index < -0.39 is 0 Å². The van der Waals surface area contributed by atoms with E-state index >= 15 is 0 Å². The molecule has 2 aromatic rings. The van der Waals surface area contributed by atoms with E-state index in [1.165, 1.54) is 0 Å². The average molecular weight is 346 g/mol. The summed E-state index contributed by atoms with van der Waals surface area (Å²) in [4.78, 5) is 18.9. The number of aromatic nitrogens is 1. The molecule has 4 rings (SSSR count). The number of hydrogen-bond acceptors (Lipinski definition) is 4. The van der Waals surface area contributed by atoms with Gasteiger partial charge in [0.05, 0.1) is 12.1 Å². The minimum Gasteiger partial charge on any atom is -0.444 e. The van der Waals surface area contributed by atoms with E-state index in [-0.39, 0.29) is 18.4 Å². The molecule has 1 aromatic heterocycles. The number of rotatable bonds is 3. The van der Waals surface area contributed by atoms with Gasteiger partial charge in [-0.1, -0.05) is 11.6 Å². The monoisotopic (exact) mass is 345 g/mol. The van der Waals surface area contributed by atoms with Crippen LogP contribution in [-0.4, -0.2) is 34.9 Å². The molecular formula is C18H20ClN3O2. The van der Waals surface area contributed by atoms with Crippen LogP contribution in [0.15, 0.2) is 34.9 Å². The summed E-state index contributed by atoms with van der Waals surface area (Å²) in [5.74, 6) is 1.66. The zero-order valence-corrected chi connectivity index (χ0v) is 14.1. The number of fused-ring (bicyclic) bond motifs is 1. The maximum Gasteiger partial charge on any atom is 0.228 e. The first-order valence-electron chi connectivity index (χ1n) is 8.34. The first-order chi connectivity index (χ1) is 11.6. The molecule has 3 unspecified atom stereocenters. The van der Waals surface area contributed by atoms with Crippen molar-refractivity contribution < 1.29 is 9.21 Å². The van der Waals surface area contributed by atoms with Gasteiger partial charge in [-0.3, -0.25) is 4.79 Å². The molecule has 1 saturated heterocycles. The molecular weight excluding hydrogens is 326 g/mol. The molecule has 2 fully saturated rings. The summed E-state index contributed by atoms with van der Waals surface area (Å²) in [6.45, 7) is 1.62. The third kappa shape index (κ3) is 2.94. The van der Waals surface area contributed by atoms with Gasteiger partial charge in [0.1, 0.15) is 6.26 Å². The van der Waals surface area contributed by atoms with Crippen molar-refractivity contribution in [3.8, 4) is 11.5 Å². The molecule has 2 aliphatic rings. The largest absolute Gasteiger partial charge is 0.444 e. The number of hydrogen-bond donors (Lipinski definition) is 1. The summed E-state index contributed by atoms with van der Waals surface area (Å²) in [5.41, 5.74) is 7.64. The second-order valence-corrected chi connectivity index (χ2v) is 7.23. The predicted octanol–water partition coefficient (Wildman–Crippen LogP) is 2.73. The molecule has 0 bridgehead atoms. The number of likely N-dealkylation sites (tertiary alicyclic amines) is 1. The number of nitrogens with two attached hydrogens (primary N) is 1. The van der Waals surface area contributed by atoms with Gasteiger partial charge in [-0.05, 0) is 48.9 Å². The van der Waals surface area contributed by atoms with Gasteiger partial charge in [-0.2, -0.15) is 0 Å². The summed E-state index contributed by atoms with van der Waals surface area (Å²) in [6.07, 6.45) is 4.06.